The Kier molecular flexibility index (Phi) is 2.74. The molecule has 20 heavy (non-hydrogen) atoms. The van der Waals surface area contributed by atoms with Crippen molar-refractivity contribution >= 4 is 25.3 Å². The molecule has 0 aromatic rings. The Morgan fingerprint density at radius 3 is 2.75 bits per heavy atom. The number of hydrogen-bond donors (Lipinski definition) is 2. The van der Waals surface area contributed by atoms with Gasteiger partial charge in [0.1, 0.15) is 0 Å². The molecule has 2 heteroatoms. The molecule has 0 amide bonds. The Bertz CT molecular complexity index is 435. The molecule has 0 radical (unpaired) electrons. The monoisotopic (exact) mass is 308 g/mol. The molecule has 8 unspecified atom stereocenters. The molecule has 0 heterocycles. The van der Waals surface area contributed by atoms with Crippen molar-refractivity contribution in [3.05, 3.63) is 0 Å². The summed E-state index contributed by atoms with van der Waals surface area (Å²) in [6.45, 7) is 0. The van der Waals surface area contributed by atoms with Gasteiger partial charge in [0, 0.05) is 4.75 Å². The second-order valence-electron chi connectivity index (χ2n) is 8.69. The summed E-state index contributed by atoms with van der Waals surface area (Å²) in [5, 5.41) is 0. The first-order valence-electron chi connectivity index (χ1n) is 9.04. The summed E-state index contributed by atoms with van der Waals surface area (Å²) in [5.74, 6) is 7.57. The maximum absolute atomic E-state index is 5.39. The zero-order chi connectivity index (χ0) is 13.5. The second kappa shape index (κ2) is 4.16. The van der Waals surface area contributed by atoms with Crippen LogP contribution in [0.4, 0.5) is 0 Å². The molecule has 0 aromatic heterocycles. The molecule has 0 N–H and O–H groups in total. The van der Waals surface area contributed by atoms with Crippen molar-refractivity contribution in [2.45, 2.75) is 62.5 Å². The molecule has 0 spiro atoms. The highest BCUT2D eigenvalue weighted by Gasteiger charge is 2.77. The molecule has 5 saturated carbocycles. The van der Waals surface area contributed by atoms with Crippen LogP contribution in [0.1, 0.15) is 57.8 Å². The maximum Gasteiger partial charge on any atom is 0.0194 e. The van der Waals surface area contributed by atoms with E-state index in [1.165, 1.54) is 38.5 Å². The predicted molar refractivity (Wildman–Crippen MR) is 90.5 cm³/mol. The van der Waals surface area contributed by atoms with Crippen LogP contribution in [0.5, 0.6) is 0 Å². The molecule has 4 bridgehead atoms. The van der Waals surface area contributed by atoms with Crippen LogP contribution in [0, 0.1) is 40.9 Å². The van der Waals surface area contributed by atoms with Gasteiger partial charge in [0.25, 0.3) is 0 Å². The van der Waals surface area contributed by atoms with E-state index in [4.69, 9.17) is 12.6 Å². The van der Waals surface area contributed by atoms with Crippen molar-refractivity contribution in [2.75, 3.05) is 5.75 Å². The lowest BCUT2D eigenvalue weighted by molar-refractivity contribution is -0.0236. The molecular weight excluding hydrogens is 280 g/mol. The summed E-state index contributed by atoms with van der Waals surface area (Å²) in [7, 11) is 0. The zero-order valence-corrected chi connectivity index (χ0v) is 14.2. The van der Waals surface area contributed by atoms with E-state index in [1.54, 1.807) is 19.3 Å². The fraction of sp³-hybridized carbons (Fsp3) is 1.00. The first-order valence-corrected chi connectivity index (χ1v) is 10.1. The molecule has 5 rings (SSSR count). The van der Waals surface area contributed by atoms with E-state index < -0.39 is 0 Å². The number of fused-ring (bicyclic) bond motifs is 12. The summed E-state index contributed by atoms with van der Waals surface area (Å²) in [4.78, 5) is 0. The number of hydrogen-bond acceptors (Lipinski definition) is 2. The fourth-order valence-electron chi connectivity index (χ4n) is 8.50. The Balaban J connectivity index is 1.60. The Morgan fingerprint density at radius 2 is 1.90 bits per heavy atom. The quantitative estimate of drug-likeness (QED) is 0.540. The summed E-state index contributed by atoms with van der Waals surface area (Å²) >= 11 is 9.93. The average Bonchev–Trinajstić information content (AvgIpc) is 3.16. The number of rotatable bonds is 3. The van der Waals surface area contributed by atoms with Crippen LogP contribution in [0.2, 0.25) is 0 Å². The van der Waals surface area contributed by atoms with Gasteiger partial charge in [0.2, 0.25) is 0 Å². The van der Waals surface area contributed by atoms with E-state index in [-0.39, 0.29) is 0 Å². The van der Waals surface area contributed by atoms with E-state index in [2.05, 4.69) is 12.6 Å². The highest BCUT2D eigenvalue weighted by Crippen LogP contribution is 2.81. The molecule has 5 aliphatic rings. The van der Waals surface area contributed by atoms with Crippen LogP contribution in [0.3, 0.4) is 0 Å². The third-order valence-corrected chi connectivity index (χ3v) is 9.73. The van der Waals surface area contributed by atoms with Gasteiger partial charge in [0.05, 0.1) is 0 Å². The van der Waals surface area contributed by atoms with Gasteiger partial charge in [-0.15, -0.1) is 0 Å². The summed E-state index contributed by atoms with van der Waals surface area (Å²) in [6.07, 6.45) is 13.4. The van der Waals surface area contributed by atoms with Gasteiger partial charge in [0.15, 0.2) is 0 Å². The van der Waals surface area contributed by atoms with Crippen LogP contribution >= 0.6 is 25.3 Å². The first-order chi connectivity index (χ1) is 9.71. The van der Waals surface area contributed by atoms with Crippen LogP contribution < -0.4 is 0 Å². The average molecular weight is 309 g/mol. The van der Waals surface area contributed by atoms with Crippen LogP contribution in [-0.4, -0.2) is 10.5 Å². The smallest absolute Gasteiger partial charge is 0.0194 e. The molecule has 0 saturated heterocycles. The lowest BCUT2D eigenvalue weighted by atomic mass is 9.53. The SMILES string of the molecule is SCCCC12C3CC(C4CCCC43)C1C1CCC2(S)C1. The van der Waals surface area contributed by atoms with Crippen molar-refractivity contribution in [1.29, 1.82) is 0 Å². The highest BCUT2D eigenvalue weighted by molar-refractivity contribution is 7.82. The topological polar surface area (TPSA) is 0 Å². The lowest BCUT2D eigenvalue weighted by Crippen LogP contribution is -2.52. The van der Waals surface area contributed by atoms with Gasteiger partial charge >= 0.3 is 0 Å². The third kappa shape index (κ3) is 1.28. The predicted octanol–water partition coefficient (Wildman–Crippen LogP) is 4.85. The van der Waals surface area contributed by atoms with Crippen LogP contribution in [0.15, 0.2) is 0 Å². The van der Waals surface area contributed by atoms with Gasteiger partial charge in [-0.1, -0.05) is 6.42 Å². The van der Waals surface area contributed by atoms with Crippen LogP contribution in [-0.2, 0) is 0 Å². The maximum atomic E-state index is 5.39. The second-order valence-corrected chi connectivity index (χ2v) is 10.00. The van der Waals surface area contributed by atoms with Crippen molar-refractivity contribution in [2.24, 2.45) is 40.9 Å². The summed E-state index contributed by atoms with van der Waals surface area (Å²) in [6, 6.07) is 0. The third-order valence-electron chi connectivity index (χ3n) is 8.59. The van der Waals surface area contributed by atoms with Gasteiger partial charge in [-0.05, 0) is 98.0 Å². The molecule has 0 aliphatic heterocycles. The zero-order valence-electron chi connectivity index (χ0n) is 12.4. The van der Waals surface area contributed by atoms with E-state index in [0.29, 0.717) is 10.2 Å². The molecule has 5 fully saturated rings. The molecular formula is C18H28S2. The van der Waals surface area contributed by atoms with E-state index in [1.807, 2.05) is 0 Å². The molecule has 0 nitrogen and oxygen atoms in total. The van der Waals surface area contributed by atoms with E-state index in [9.17, 15) is 0 Å². The Hall–Kier alpha value is 0.700. The van der Waals surface area contributed by atoms with Crippen molar-refractivity contribution in [3.63, 3.8) is 0 Å². The fourth-order valence-corrected chi connectivity index (χ4v) is 9.45. The highest BCUT2D eigenvalue weighted by atomic mass is 32.1. The van der Waals surface area contributed by atoms with Crippen LogP contribution in [0.25, 0.3) is 0 Å². The van der Waals surface area contributed by atoms with Crippen molar-refractivity contribution in [3.8, 4) is 0 Å². The minimum atomic E-state index is 0.415. The Morgan fingerprint density at radius 1 is 1.05 bits per heavy atom. The normalized spacial score (nSPS) is 62.1. The molecule has 0 aromatic carbocycles. The van der Waals surface area contributed by atoms with Gasteiger partial charge in [-0.25, -0.2) is 0 Å². The lowest BCUT2D eigenvalue weighted by Gasteiger charge is -2.55. The first kappa shape index (κ1) is 13.2. The molecule has 112 valence electrons. The minimum Gasteiger partial charge on any atom is -0.179 e. The largest absolute Gasteiger partial charge is 0.179 e. The van der Waals surface area contributed by atoms with Gasteiger partial charge in [-0.3, -0.25) is 0 Å². The van der Waals surface area contributed by atoms with Crippen molar-refractivity contribution in [1.82, 2.24) is 0 Å². The summed E-state index contributed by atoms with van der Waals surface area (Å²) < 4.78 is 0.415. The van der Waals surface area contributed by atoms with Gasteiger partial charge in [-0.2, -0.15) is 25.3 Å². The van der Waals surface area contributed by atoms with E-state index >= 15 is 0 Å². The van der Waals surface area contributed by atoms with E-state index in [0.717, 1.165) is 41.3 Å². The number of thiol groups is 2. The van der Waals surface area contributed by atoms with Gasteiger partial charge < -0.3 is 0 Å². The Labute approximate surface area is 134 Å². The molecule has 8 atom stereocenters. The summed E-state index contributed by atoms with van der Waals surface area (Å²) in [5.41, 5.74) is 0.637. The minimum absolute atomic E-state index is 0.415. The molecule has 5 aliphatic carbocycles. The van der Waals surface area contributed by atoms with Crippen molar-refractivity contribution < 1.29 is 0 Å². The standard InChI is InChI=1S/C18H28S2/c19-8-2-6-18-15-9-14(12-3-1-4-13(12)15)16(18)11-5-7-17(18,20)10-11/h11-16,19-20H,1-10H2.